The number of allylic oxidation sites excluding steroid dienone is 3. The van der Waals surface area contributed by atoms with E-state index in [2.05, 4.69) is 47.3 Å². The van der Waals surface area contributed by atoms with Gasteiger partial charge >= 0.3 is 23.9 Å². The molecule has 20 heteroatoms. The molecular weight excluding hydrogens is 872 g/mol. The van der Waals surface area contributed by atoms with E-state index in [0.717, 1.165) is 18.4 Å². The molecule has 2 heterocycles. The summed E-state index contributed by atoms with van der Waals surface area (Å²) >= 11 is 0. The SMILES string of the molecule is C=C1CC[C@]2(C(=O)O[C@@H]3O[C@H](CO)[C@@H](O)[C@H](O)[C@H]3O)CC[C@]3(C)C(=CC[C@@H]4[C@@]5(C)CC[C@H](O[C@@H]6O[C@H](C(=O)O)[C@@H](O)[C@H](O[C@H](OCC(=O)O)[C@@H](O)C(=O)O)[C@H]6O)C(C)(C)[C@@H]5CC[C@]43C)[C@@H]2C1. The normalized spacial score (nSPS) is 46.2. The lowest BCUT2D eigenvalue weighted by Crippen LogP contribution is -2.66. The van der Waals surface area contributed by atoms with Gasteiger partial charge in [0.25, 0.3) is 0 Å². The van der Waals surface area contributed by atoms with Gasteiger partial charge in [-0.2, -0.15) is 0 Å². The Morgan fingerprint density at radius 1 is 0.833 bits per heavy atom. The second-order valence-corrected chi connectivity index (χ2v) is 21.2. The highest BCUT2D eigenvalue weighted by molar-refractivity contribution is 5.79. The Bertz CT molecular complexity index is 1920. The van der Waals surface area contributed by atoms with Crippen LogP contribution in [-0.2, 0) is 47.6 Å². The minimum absolute atomic E-state index is 0.0409. The van der Waals surface area contributed by atoms with Gasteiger partial charge in [-0.1, -0.05) is 58.4 Å². The van der Waals surface area contributed by atoms with E-state index in [1.165, 1.54) is 5.57 Å². The molecule has 20 nitrogen and oxygen atoms in total. The Labute approximate surface area is 382 Å². The number of rotatable bonds is 13. The van der Waals surface area contributed by atoms with Crippen LogP contribution in [0.15, 0.2) is 23.8 Å². The molecule has 20 atom stereocenters. The van der Waals surface area contributed by atoms with Gasteiger partial charge < -0.3 is 79.5 Å². The molecule has 0 aromatic heterocycles. The van der Waals surface area contributed by atoms with Crippen molar-refractivity contribution in [2.75, 3.05) is 13.2 Å². The summed E-state index contributed by atoms with van der Waals surface area (Å²) in [5.41, 5.74) is -0.234. The minimum Gasteiger partial charge on any atom is -0.480 e. The molecule has 4 saturated carbocycles. The van der Waals surface area contributed by atoms with Crippen LogP contribution in [0.25, 0.3) is 0 Å². The van der Waals surface area contributed by atoms with Crippen molar-refractivity contribution in [2.24, 2.45) is 44.8 Å². The molecule has 0 spiro atoms. The van der Waals surface area contributed by atoms with Crippen LogP contribution >= 0.6 is 0 Å². The quantitative estimate of drug-likeness (QED) is 0.0529. The molecule has 7 aliphatic rings. The summed E-state index contributed by atoms with van der Waals surface area (Å²) in [7, 11) is 0. The first kappa shape index (κ1) is 50.7. The van der Waals surface area contributed by atoms with Gasteiger partial charge in [0.1, 0.15) is 49.3 Å². The third-order valence-electron chi connectivity index (χ3n) is 17.7. The van der Waals surface area contributed by atoms with Gasteiger partial charge in [-0.3, -0.25) is 4.79 Å². The maximum atomic E-state index is 14.5. The number of carbonyl (C=O) groups excluding carboxylic acids is 1. The Hall–Kier alpha value is -3.12. The summed E-state index contributed by atoms with van der Waals surface area (Å²) in [6.45, 7) is 13.6. The Morgan fingerprint density at radius 2 is 1.53 bits per heavy atom. The monoisotopic (exact) mass is 940 g/mol. The number of aliphatic hydroxyl groups is 7. The molecule has 372 valence electrons. The summed E-state index contributed by atoms with van der Waals surface area (Å²) in [4.78, 5) is 49.7. The molecule has 0 radical (unpaired) electrons. The lowest BCUT2D eigenvalue weighted by atomic mass is 9.34. The van der Waals surface area contributed by atoms with Crippen LogP contribution in [-0.4, -0.2) is 168 Å². The average Bonchev–Trinajstić information content (AvgIpc) is 3.25. The zero-order chi connectivity index (χ0) is 48.6. The highest BCUT2D eigenvalue weighted by Gasteiger charge is 2.70. The highest BCUT2D eigenvalue weighted by atomic mass is 16.7. The lowest BCUT2D eigenvalue weighted by Gasteiger charge is -2.71. The van der Waals surface area contributed by atoms with Gasteiger partial charge in [0, 0.05) is 5.92 Å². The second-order valence-electron chi connectivity index (χ2n) is 21.2. The summed E-state index contributed by atoms with van der Waals surface area (Å²) in [6, 6.07) is 0. The van der Waals surface area contributed by atoms with Crippen molar-refractivity contribution in [1.82, 2.24) is 0 Å². The molecule has 2 aliphatic heterocycles. The molecule has 0 aromatic carbocycles. The third-order valence-corrected chi connectivity index (χ3v) is 17.7. The summed E-state index contributed by atoms with van der Waals surface area (Å²) in [6.07, 6.45) is -14.5. The Kier molecular flexibility index (Phi) is 14.1. The number of carboxylic acids is 3. The molecule has 10 N–H and O–H groups in total. The van der Waals surface area contributed by atoms with Gasteiger partial charge in [0.15, 0.2) is 18.7 Å². The van der Waals surface area contributed by atoms with Crippen molar-refractivity contribution in [1.29, 1.82) is 0 Å². The number of fused-ring (bicyclic) bond motifs is 7. The Morgan fingerprint density at radius 3 is 2.17 bits per heavy atom. The van der Waals surface area contributed by atoms with Crippen molar-refractivity contribution < 1.29 is 98.7 Å². The van der Waals surface area contributed by atoms with Gasteiger partial charge in [0.2, 0.25) is 12.4 Å². The first-order valence-electron chi connectivity index (χ1n) is 23.0. The first-order valence-corrected chi connectivity index (χ1v) is 23.0. The highest BCUT2D eigenvalue weighted by Crippen LogP contribution is 2.75. The fraction of sp³-hybridized carbons (Fsp3) is 0.826. The first-order chi connectivity index (χ1) is 30.8. The van der Waals surface area contributed by atoms with E-state index >= 15 is 0 Å². The lowest BCUT2D eigenvalue weighted by molar-refractivity contribution is -0.345. The predicted molar refractivity (Wildman–Crippen MR) is 223 cm³/mol. The molecule has 7 rings (SSSR count). The molecule has 0 amide bonds. The van der Waals surface area contributed by atoms with Crippen LogP contribution in [0.1, 0.15) is 98.8 Å². The molecule has 6 fully saturated rings. The number of carbonyl (C=O) groups is 4. The molecule has 0 aromatic rings. The van der Waals surface area contributed by atoms with Crippen LogP contribution in [0.2, 0.25) is 0 Å². The van der Waals surface area contributed by atoms with E-state index in [4.69, 9.17) is 33.5 Å². The third kappa shape index (κ3) is 8.23. The van der Waals surface area contributed by atoms with Crippen molar-refractivity contribution in [3.63, 3.8) is 0 Å². The van der Waals surface area contributed by atoms with Gasteiger partial charge in [-0.05, 0) is 97.7 Å². The van der Waals surface area contributed by atoms with E-state index in [1.54, 1.807) is 0 Å². The molecule has 0 unspecified atom stereocenters. The van der Waals surface area contributed by atoms with Gasteiger partial charge in [-0.15, -0.1) is 0 Å². The second kappa shape index (κ2) is 18.3. The van der Waals surface area contributed by atoms with Crippen LogP contribution in [0.4, 0.5) is 0 Å². The fourth-order valence-corrected chi connectivity index (χ4v) is 13.9. The number of hydrogen-bond acceptors (Lipinski definition) is 17. The number of aliphatic hydroxyl groups excluding tert-OH is 7. The number of carboxylic acid groups (broad SMARTS) is 3. The number of esters is 1. The van der Waals surface area contributed by atoms with E-state index in [1.807, 2.05) is 0 Å². The maximum Gasteiger partial charge on any atom is 0.337 e. The van der Waals surface area contributed by atoms with E-state index in [-0.39, 0.29) is 34.0 Å². The zero-order valence-corrected chi connectivity index (χ0v) is 38.1. The van der Waals surface area contributed by atoms with Crippen LogP contribution in [0.5, 0.6) is 0 Å². The van der Waals surface area contributed by atoms with Gasteiger partial charge in [0.05, 0.1) is 18.1 Å². The summed E-state index contributed by atoms with van der Waals surface area (Å²) in [5.74, 6) is -5.67. The smallest absolute Gasteiger partial charge is 0.337 e. The standard InChI is InChI=1S/C46H68O20/c1-20-9-14-46(41(60)66-39-30(52)29(51)28(50)23(18-47)62-39)16-15-44(5)21(22(46)17-20)7-8-25-43(4)12-11-26(42(2,3)24(43)10-13-45(25,44)6)63-40-32(54)34(31(53)35(65-40)37(58)59)64-38(33(55)36(56)57)61-19-27(48)49/h7,22-26,28-35,38-40,47,50-55H,1,8-19H2,2-6H3,(H,48,49)(H,56,57)(H,58,59)/t22-,23+,24-,25+,26-,28+,29-,30+,31-,32+,33-,34-,35-,38-,39-,40+,43-,44+,45+,46-/m0/s1. The van der Waals surface area contributed by atoms with Gasteiger partial charge in [-0.25, -0.2) is 14.4 Å². The molecular formula is C46H68O20. The topological polar surface area (TPSA) is 326 Å². The molecule has 2 saturated heterocycles. The fourth-order valence-electron chi connectivity index (χ4n) is 13.9. The zero-order valence-electron chi connectivity index (χ0n) is 38.1. The summed E-state index contributed by atoms with van der Waals surface area (Å²) < 4.78 is 34.0. The van der Waals surface area contributed by atoms with Crippen molar-refractivity contribution in [2.45, 2.75) is 179 Å². The van der Waals surface area contributed by atoms with E-state index in [9.17, 15) is 65.1 Å². The Balaban J connectivity index is 1.12. The number of ether oxygens (including phenoxy) is 6. The van der Waals surface area contributed by atoms with E-state index in [0.29, 0.717) is 51.4 Å². The maximum absolute atomic E-state index is 14.5. The number of hydrogen-bond donors (Lipinski definition) is 10. The van der Waals surface area contributed by atoms with Crippen LogP contribution in [0.3, 0.4) is 0 Å². The van der Waals surface area contributed by atoms with Crippen molar-refractivity contribution >= 4 is 23.9 Å². The molecule has 0 bridgehead atoms. The minimum atomic E-state index is -2.48. The molecule has 66 heavy (non-hydrogen) atoms. The van der Waals surface area contributed by atoms with Crippen LogP contribution in [0, 0.1) is 44.8 Å². The van der Waals surface area contributed by atoms with Crippen LogP contribution < -0.4 is 0 Å². The summed E-state index contributed by atoms with van der Waals surface area (Å²) in [5, 5.41) is 103. The van der Waals surface area contributed by atoms with Crippen molar-refractivity contribution in [3.05, 3.63) is 23.8 Å². The predicted octanol–water partition coefficient (Wildman–Crippen LogP) is 0.836. The average molecular weight is 941 g/mol. The largest absolute Gasteiger partial charge is 0.480 e. The number of aliphatic carboxylic acids is 3. The van der Waals surface area contributed by atoms with E-state index < -0.39 is 128 Å². The van der Waals surface area contributed by atoms with Crippen molar-refractivity contribution in [3.8, 4) is 0 Å². The molecule has 5 aliphatic carbocycles.